The van der Waals surface area contributed by atoms with Crippen LogP contribution in [0.3, 0.4) is 0 Å². The van der Waals surface area contributed by atoms with E-state index in [2.05, 4.69) is 67.5 Å². The summed E-state index contributed by atoms with van der Waals surface area (Å²) in [7, 11) is 0. The van der Waals surface area contributed by atoms with Crippen molar-refractivity contribution in [3.63, 3.8) is 0 Å². The minimum absolute atomic E-state index is 0. The number of halogens is 2. The Balaban J connectivity index is 0.00000245. The molecule has 0 saturated carbocycles. The number of fused-ring (bicyclic) bond motifs is 2. The van der Waals surface area contributed by atoms with Gasteiger partial charge in [-0.3, -0.25) is 0 Å². The van der Waals surface area contributed by atoms with Gasteiger partial charge in [0.25, 0.3) is 0 Å². The smallest absolute Gasteiger partial charge is 0.153 e. The molecular formula is C27H29ClFN3. The van der Waals surface area contributed by atoms with Crippen LogP contribution in [-0.2, 0) is 13.0 Å². The third-order valence-electron chi connectivity index (χ3n) is 6.91. The van der Waals surface area contributed by atoms with Gasteiger partial charge in [0, 0.05) is 30.4 Å². The van der Waals surface area contributed by atoms with Gasteiger partial charge in [-0.2, -0.15) is 0 Å². The van der Waals surface area contributed by atoms with E-state index in [-0.39, 0.29) is 24.3 Å². The predicted molar refractivity (Wildman–Crippen MR) is 133 cm³/mol. The Morgan fingerprint density at radius 2 is 1.78 bits per heavy atom. The second kappa shape index (κ2) is 8.59. The molecule has 3 heterocycles. The molecule has 0 amide bonds. The van der Waals surface area contributed by atoms with E-state index in [9.17, 15) is 4.39 Å². The first-order chi connectivity index (χ1) is 14.9. The zero-order valence-electron chi connectivity index (χ0n) is 19.0. The van der Waals surface area contributed by atoms with Crippen molar-refractivity contribution in [2.24, 2.45) is 0 Å². The molecule has 32 heavy (non-hydrogen) atoms. The fourth-order valence-corrected chi connectivity index (χ4v) is 4.93. The molecule has 0 spiro atoms. The number of aryl methyl sites for hydroxylation is 2. The van der Waals surface area contributed by atoms with Crippen molar-refractivity contribution in [2.45, 2.75) is 46.7 Å². The number of anilines is 1. The van der Waals surface area contributed by atoms with Gasteiger partial charge in [-0.1, -0.05) is 35.9 Å². The molecule has 0 bridgehead atoms. The monoisotopic (exact) mass is 449 g/mol. The summed E-state index contributed by atoms with van der Waals surface area (Å²) in [5, 5.41) is 1.24. The number of rotatable bonds is 3. The van der Waals surface area contributed by atoms with Crippen LogP contribution in [0, 0.1) is 26.6 Å². The van der Waals surface area contributed by atoms with Crippen molar-refractivity contribution in [1.29, 1.82) is 0 Å². The minimum atomic E-state index is -0.173. The van der Waals surface area contributed by atoms with E-state index in [4.69, 9.17) is 4.98 Å². The SMILES string of the molecule is Cc1ccc(Cn2c(C)c(C)c3ccnc(N4CCc5ccc(F)cc5C4C)c32)cc1.Cl. The molecule has 3 nitrogen and oxygen atoms in total. The highest BCUT2D eigenvalue weighted by Gasteiger charge is 2.28. The average molecular weight is 450 g/mol. The average Bonchev–Trinajstić information content (AvgIpc) is 3.01. The number of hydrogen-bond donors (Lipinski definition) is 0. The van der Waals surface area contributed by atoms with Crippen molar-refractivity contribution in [2.75, 3.05) is 11.4 Å². The molecule has 5 heteroatoms. The Kier molecular flexibility index (Phi) is 6.00. The molecule has 0 aliphatic carbocycles. The summed E-state index contributed by atoms with van der Waals surface area (Å²) >= 11 is 0. The van der Waals surface area contributed by atoms with E-state index >= 15 is 0 Å². The molecular weight excluding hydrogens is 421 g/mol. The fourth-order valence-electron chi connectivity index (χ4n) is 4.93. The molecule has 0 radical (unpaired) electrons. The fraction of sp³-hybridized carbons (Fsp3) is 0.296. The van der Waals surface area contributed by atoms with E-state index in [0.717, 1.165) is 30.9 Å². The first-order valence-electron chi connectivity index (χ1n) is 11.0. The number of nitrogens with zero attached hydrogens (tertiary/aromatic N) is 3. The van der Waals surface area contributed by atoms with Crippen LogP contribution in [0.4, 0.5) is 10.2 Å². The summed E-state index contributed by atoms with van der Waals surface area (Å²) in [6.45, 7) is 10.3. The Morgan fingerprint density at radius 1 is 1.03 bits per heavy atom. The lowest BCUT2D eigenvalue weighted by Gasteiger charge is -2.36. The summed E-state index contributed by atoms with van der Waals surface area (Å²) < 4.78 is 16.4. The summed E-state index contributed by atoms with van der Waals surface area (Å²) in [6, 6.07) is 16.1. The summed E-state index contributed by atoms with van der Waals surface area (Å²) in [4.78, 5) is 7.20. The highest BCUT2D eigenvalue weighted by molar-refractivity contribution is 5.94. The normalized spacial score (nSPS) is 15.5. The van der Waals surface area contributed by atoms with Crippen LogP contribution in [0.1, 0.15) is 46.5 Å². The van der Waals surface area contributed by atoms with Gasteiger partial charge in [0.05, 0.1) is 11.6 Å². The lowest BCUT2D eigenvalue weighted by Crippen LogP contribution is -2.35. The molecule has 1 unspecified atom stereocenters. The molecule has 1 aliphatic heterocycles. The van der Waals surface area contributed by atoms with Gasteiger partial charge in [-0.25, -0.2) is 9.37 Å². The van der Waals surface area contributed by atoms with Crippen LogP contribution in [0.5, 0.6) is 0 Å². The number of pyridine rings is 1. The maximum Gasteiger partial charge on any atom is 0.153 e. The molecule has 1 atom stereocenters. The van der Waals surface area contributed by atoms with Crippen LogP contribution in [0.2, 0.25) is 0 Å². The van der Waals surface area contributed by atoms with Gasteiger partial charge in [0.1, 0.15) is 5.82 Å². The highest BCUT2D eigenvalue weighted by atomic mass is 35.5. The van der Waals surface area contributed by atoms with E-state index in [1.807, 2.05) is 12.3 Å². The van der Waals surface area contributed by atoms with E-state index in [1.165, 1.54) is 38.9 Å². The summed E-state index contributed by atoms with van der Waals surface area (Å²) in [5.41, 5.74) is 8.58. The molecule has 0 fully saturated rings. The number of hydrogen-bond acceptors (Lipinski definition) is 2. The zero-order chi connectivity index (χ0) is 21.7. The van der Waals surface area contributed by atoms with Crippen molar-refractivity contribution >= 4 is 29.1 Å². The predicted octanol–water partition coefficient (Wildman–Crippen LogP) is 6.69. The Bertz CT molecular complexity index is 1280. The molecule has 1 aliphatic rings. The maximum absolute atomic E-state index is 14.0. The Labute approximate surface area is 195 Å². The van der Waals surface area contributed by atoms with Crippen molar-refractivity contribution in [3.8, 4) is 0 Å². The van der Waals surface area contributed by atoms with Gasteiger partial charge in [0.2, 0.25) is 0 Å². The first kappa shape index (κ1) is 22.3. The Hall–Kier alpha value is -2.85. The summed E-state index contributed by atoms with van der Waals surface area (Å²) in [5.74, 6) is 0.816. The zero-order valence-corrected chi connectivity index (χ0v) is 19.8. The first-order valence-corrected chi connectivity index (χ1v) is 11.0. The molecule has 0 N–H and O–H groups in total. The van der Waals surface area contributed by atoms with Gasteiger partial charge < -0.3 is 9.47 Å². The molecule has 0 saturated heterocycles. The van der Waals surface area contributed by atoms with Crippen LogP contribution >= 0.6 is 12.4 Å². The van der Waals surface area contributed by atoms with Gasteiger partial charge in [0.15, 0.2) is 5.82 Å². The second-order valence-electron chi connectivity index (χ2n) is 8.78. The second-order valence-corrected chi connectivity index (χ2v) is 8.78. The van der Waals surface area contributed by atoms with E-state index in [1.54, 1.807) is 12.1 Å². The third-order valence-corrected chi connectivity index (χ3v) is 6.91. The van der Waals surface area contributed by atoms with Crippen molar-refractivity contribution in [1.82, 2.24) is 9.55 Å². The topological polar surface area (TPSA) is 21.1 Å². The lowest BCUT2D eigenvalue weighted by atomic mass is 9.93. The quantitative estimate of drug-likeness (QED) is 0.347. The molecule has 2 aromatic carbocycles. The van der Waals surface area contributed by atoms with Crippen LogP contribution in [-0.4, -0.2) is 16.1 Å². The van der Waals surface area contributed by atoms with Crippen LogP contribution in [0.25, 0.3) is 10.9 Å². The number of aromatic nitrogens is 2. The molecule has 2 aromatic heterocycles. The standard InChI is InChI=1S/C27H28FN3.ClH/c1-17-5-7-21(8-6-17)16-31-19(3)18(2)24-11-13-29-27(26(24)31)30-14-12-22-9-10-23(28)15-25(22)20(30)4;/h5-11,13,15,20H,12,14,16H2,1-4H3;1H. The van der Waals surface area contributed by atoms with E-state index in [0.29, 0.717) is 0 Å². The van der Waals surface area contributed by atoms with Gasteiger partial charge in [-0.15, -0.1) is 12.4 Å². The van der Waals surface area contributed by atoms with Crippen molar-refractivity contribution < 1.29 is 4.39 Å². The van der Waals surface area contributed by atoms with Crippen LogP contribution < -0.4 is 4.90 Å². The van der Waals surface area contributed by atoms with Gasteiger partial charge in [-0.05, 0) is 74.6 Å². The molecule has 166 valence electrons. The minimum Gasteiger partial charge on any atom is -0.348 e. The highest BCUT2D eigenvalue weighted by Crippen LogP contribution is 2.38. The molecule has 4 aromatic rings. The Morgan fingerprint density at radius 3 is 2.53 bits per heavy atom. The lowest BCUT2D eigenvalue weighted by molar-refractivity contribution is 0.590. The van der Waals surface area contributed by atoms with Crippen LogP contribution in [0.15, 0.2) is 54.7 Å². The maximum atomic E-state index is 14.0. The number of benzene rings is 2. The van der Waals surface area contributed by atoms with E-state index < -0.39 is 0 Å². The van der Waals surface area contributed by atoms with Crippen molar-refractivity contribution in [3.05, 3.63) is 94.1 Å². The largest absolute Gasteiger partial charge is 0.348 e. The third kappa shape index (κ3) is 3.67. The van der Waals surface area contributed by atoms with Gasteiger partial charge >= 0.3 is 0 Å². The summed E-state index contributed by atoms with van der Waals surface area (Å²) in [6.07, 6.45) is 2.81. The molecule has 5 rings (SSSR count).